The van der Waals surface area contributed by atoms with E-state index in [1.165, 1.54) is 56.9 Å². The van der Waals surface area contributed by atoms with Crippen molar-refractivity contribution in [2.75, 3.05) is 6.61 Å². The van der Waals surface area contributed by atoms with Gasteiger partial charge in [-0.2, -0.15) is 0 Å². The van der Waals surface area contributed by atoms with Crippen LogP contribution in [0.5, 0.6) is 5.75 Å². The molecule has 1 aliphatic rings. The Balaban J connectivity index is 1.49. The average molecular weight is 391 g/mol. The molecule has 154 valence electrons. The fraction of sp³-hybridized carbons (Fsp3) is 0.538. The molecule has 1 fully saturated rings. The van der Waals surface area contributed by atoms with E-state index in [2.05, 4.69) is 59.9 Å². The Bertz CT molecular complexity index is 778. The summed E-state index contributed by atoms with van der Waals surface area (Å²) in [6, 6.07) is 8.75. The van der Waals surface area contributed by atoms with E-state index in [0.717, 1.165) is 30.4 Å². The summed E-state index contributed by atoms with van der Waals surface area (Å²) in [5.41, 5.74) is 2.47. The summed E-state index contributed by atoms with van der Waals surface area (Å²) in [6.45, 7) is 5.25. The zero-order valence-electron chi connectivity index (χ0n) is 18.0. The molecular weight excluding hydrogens is 356 g/mol. The van der Waals surface area contributed by atoms with E-state index >= 15 is 0 Å². The van der Waals surface area contributed by atoms with Crippen LogP contribution < -0.4 is 4.74 Å². The second kappa shape index (κ2) is 11.6. The molecule has 1 aromatic carbocycles. The van der Waals surface area contributed by atoms with Gasteiger partial charge in [-0.1, -0.05) is 57.6 Å². The summed E-state index contributed by atoms with van der Waals surface area (Å²) in [5.74, 6) is 9.14. The predicted octanol–water partition coefficient (Wildman–Crippen LogP) is 6.52. The van der Waals surface area contributed by atoms with Gasteiger partial charge in [0.05, 0.1) is 19.0 Å². The Morgan fingerprint density at radius 3 is 2.28 bits per heavy atom. The van der Waals surface area contributed by atoms with Gasteiger partial charge in [0, 0.05) is 5.56 Å². The van der Waals surface area contributed by atoms with Crippen molar-refractivity contribution in [3.63, 3.8) is 0 Å². The number of benzene rings is 1. The smallest absolute Gasteiger partial charge is 0.205 e. The summed E-state index contributed by atoms with van der Waals surface area (Å²) in [6.07, 6.45) is 14.9. The fourth-order valence-electron chi connectivity index (χ4n) is 4.04. The molecule has 2 aromatic rings. The summed E-state index contributed by atoms with van der Waals surface area (Å²) in [5, 5.41) is 0. The Labute approximate surface area is 176 Å². The van der Waals surface area contributed by atoms with Crippen molar-refractivity contribution < 1.29 is 4.74 Å². The van der Waals surface area contributed by atoms with Crippen molar-refractivity contribution in [1.29, 1.82) is 0 Å². The summed E-state index contributed by atoms with van der Waals surface area (Å²) in [7, 11) is 0. The van der Waals surface area contributed by atoms with Gasteiger partial charge >= 0.3 is 0 Å². The molecule has 0 unspecified atom stereocenters. The van der Waals surface area contributed by atoms with Crippen LogP contribution in [0, 0.1) is 17.8 Å². The van der Waals surface area contributed by atoms with Crippen molar-refractivity contribution in [2.24, 2.45) is 5.92 Å². The lowest BCUT2D eigenvalue weighted by Gasteiger charge is -2.28. The molecule has 0 saturated heterocycles. The third kappa shape index (κ3) is 6.89. The summed E-state index contributed by atoms with van der Waals surface area (Å²) < 4.78 is 5.68. The predicted molar refractivity (Wildman–Crippen MR) is 119 cm³/mol. The van der Waals surface area contributed by atoms with Crippen molar-refractivity contribution in [1.82, 2.24) is 9.97 Å². The van der Waals surface area contributed by atoms with Crippen molar-refractivity contribution in [3.8, 4) is 17.6 Å². The highest BCUT2D eigenvalue weighted by Gasteiger charge is 2.20. The van der Waals surface area contributed by atoms with E-state index < -0.39 is 0 Å². The van der Waals surface area contributed by atoms with Gasteiger partial charge in [-0.25, -0.2) is 9.97 Å². The minimum atomic E-state index is 0.533. The Hall–Kier alpha value is -2.34. The first-order valence-electron chi connectivity index (χ1n) is 11.3. The number of rotatable bonds is 8. The Kier molecular flexibility index (Phi) is 8.56. The van der Waals surface area contributed by atoms with E-state index in [-0.39, 0.29) is 0 Å². The van der Waals surface area contributed by atoms with E-state index in [1.807, 2.05) is 0 Å². The quantitative estimate of drug-likeness (QED) is 0.380. The molecule has 1 aliphatic carbocycles. The summed E-state index contributed by atoms with van der Waals surface area (Å²) in [4.78, 5) is 8.61. The molecule has 3 heteroatoms. The lowest BCUT2D eigenvalue weighted by atomic mass is 9.78. The number of aromatic nitrogens is 2. The SMILES string of the molecule is CCCCCCOc1cnc(C#Cc2ccc(C3CCC(CC)CC3)cc2)nc1. The van der Waals surface area contributed by atoms with Crippen LogP contribution >= 0.6 is 0 Å². The normalized spacial score (nSPS) is 18.7. The van der Waals surface area contributed by atoms with Crippen LogP contribution in [-0.2, 0) is 0 Å². The molecular formula is C26H34N2O. The third-order valence-electron chi connectivity index (χ3n) is 6.02. The molecule has 0 bridgehead atoms. The van der Waals surface area contributed by atoms with Crippen LogP contribution in [0.4, 0.5) is 0 Å². The van der Waals surface area contributed by atoms with Crippen molar-refractivity contribution >= 4 is 0 Å². The van der Waals surface area contributed by atoms with Crippen LogP contribution in [0.25, 0.3) is 0 Å². The van der Waals surface area contributed by atoms with Gasteiger partial charge in [0.25, 0.3) is 0 Å². The maximum absolute atomic E-state index is 5.68. The minimum Gasteiger partial charge on any atom is -0.490 e. The Morgan fingerprint density at radius 1 is 0.897 bits per heavy atom. The lowest BCUT2D eigenvalue weighted by molar-refractivity contribution is 0.302. The van der Waals surface area contributed by atoms with Crippen LogP contribution in [0.15, 0.2) is 36.7 Å². The van der Waals surface area contributed by atoms with Gasteiger partial charge in [0.15, 0.2) is 5.75 Å². The molecule has 0 amide bonds. The maximum Gasteiger partial charge on any atom is 0.205 e. The average Bonchev–Trinajstić information content (AvgIpc) is 2.79. The molecule has 0 aliphatic heterocycles. The van der Waals surface area contributed by atoms with Gasteiger partial charge < -0.3 is 4.74 Å². The topological polar surface area (TPSA) is 35.0 Å². The number of hydrogen-bond acceptors (Lipinski definition) is 3. The van der Waals surface area contributed by atoms with Crippen LogP contribution in [0.1, 0.15) is 94.5 Å². The second-order valence-electron chi connectivity index (χ2n) is 8.15. The monoisotopic (exact) mass is 390 g/mol. The lowest BCUT2D eigenvalue weighted by Crippen LogP contribution is -2.12. The number of ether oxygens (including phenoxy) is 1. The molecule has 0 N–H and O–H groups in total. The molecule has 0 radical (unpaired) electrons. The molecule has 1 aromatic heterocycles. The minimum absolute atomic E-state index is 0.533. The van der Waals surface area contributed by atoms with Crippen molar-refractivity contribution in [3.05, 3.63) is 53.6 Å². The van der Waals surface area contributed by atoms with Gasteiger partial charge in [-0.3, -0.25) is 0 Å². The highest BCUT2D eigenvalue weighted by Crippen LogP contribution is 2.36. The maximum atomic E-state index is 5.68. The molecule has 3 nitrogen and oxygen atoms in total. The van der Waals surface area contributed by atoms with E-state index in [4.69, 9.17) is 4.74 Å². The third-order valence-corrected chi connectivity index (χ3v) is 6.02. The largest absolute Gasteiger partial charge is 0.490 e. The Morgan fingerprint density at radius 2 is 1.62 bits per heavy atom. The summed E-state index contributed by atoms with van der Waals surface area (Å²) >= 11 is 0. The molecule has 1 saturated carbocycles. The van der Waals surface area contributed by atoms with Gasteiger partial charge in [-0.05, 0) is 67.6 Å². The molecule has 1 heterocycles. The van der Waals surface area contributed by atoms with Gasteiger partial charge in [0.1, 0.15) is 0 Å². The van der Waals surface area contributed by atoms with E-state index in [1.54, 1.807) is 12.4 Å². The zero-order valence-corrected chi connectivity index (χ0v) is 18.0. The fourth-order valence-corrected chi connectivity index (χ4v) is 4.04. The number of unbranched alkanes of at least 4 members (excludes halogenated alkanes) is 3. The first kappa shape index (κ1) is 21.4. The molecule has 29 heavy (non-hydrogen) atoms. The van der Waals surface area contributed by atoms with E-state index in [9.17, 15) is 0 Å². The number of nitrogens with zero attached hydrogens (tertiary/aromatic N) is 2. The van der Waals surface area contributed by atoms with E-state index in [0.29, 0.717) is 11.6 Å². The standard InChI is InChI=1S/C26H34N2O/c1-3-5-6-7-18-29-25-19-27-26(28-20-25)17-12-22-10-15-24(16-11-22)23-13-8-21(4-2)9-14-23/h10-11,15-16,19-21,23H,3-9,13-14,18H2,1-2H3. The molecule has 3 rings (SSSR count). The zero-order chi connectivity index (χ0) is 20.3. The van der Waals surface area contributed by atoms with Gasteiger partial charge in [-0.15, -0.1) is 0 Å². The molecule has 0 spiro atoms. The van der Waals surface area contributed by atoms with Crippen LogP contribution in [0.3, 0.4) is 0 Å². The van der Waals surface area contributed by atoms with Crippen LogP contribution in [-0.4, -0.2) is 16.6 Å². The molecule has 0 atom stereocenters. The van der Waals surface area contributed by atoms with Gasteiger partial charge in [0.2, 0.25) is 5.82 Å². The number of hydrogen-bond donors (Lipinski definition) is 0. The highest BCUT2D eigenvalue weighted by atomic mass is 16.5. The first-order chi connectivity index (χ1) is 14.3. The first-order valence-corrected chi connectivity index (χ1v) is 11.3. The second-order valence-corrected chi connectivity index (χ2v) is 8.15. The van der Waals surface area contributed by atoms with Crippen molar-refractivity contribution in [2.45, 2.75) is 77.6 Å². The van der Waals surface area contributed by atoms with Crippen LogP contribution in [0.2, 0.25) is 0 Å². The highest BCUT2D eigenvalue weighted by molar-refractivity contribution is 5.40.